The maximum atomic E-state index is 11.9. The predicted molar refractivity (Wildman–Crippen MR) is 38.6 cm³/mol. The molecule has 0 aromatic heterocycles. The molecular formula is C8H13F3O. The lowest BCUT2D eigenvalue weighted by molar-refractivity contribution is -0.148. The second kappa shape index (κ2) is 3.64. The van der Waals surface area contributed by atoms with Gasteiger partial charge in [0.1, 0.15) is 0 Å². The summed E-state index contributed by atoms with van der Waals surface area (Å²) in [6.45, 7) is -0.337. The van der Waals surface area contributed by atoms with Crippen molar-refractivity contribution in [3.05, 3.63) is 0 Å². The standard InChI is InChI=1S/C8H13F3O/c9-8(10,11)4-7(5-12)3-6-1-2-6/h6-7,12H,1-5H2/t7-/m0/s1. The van der Waals surface area contributed by atoms with Gasteiger partial charge in [-0.25, -0.2) is 0 Å². The molecule has 0 aromatic carbocycles. The third kappa shape index (κ3) is 3.95. The van der Waals surface area contributed by atoms with E-state index in [0.717, 1.165) is 12.8 Å². The average molecular weight is 182 g/mol. The van der Waals surface area contributed by atoms with E-state index in [1.165, 1.54) is 0 Å². The summed E-state index contributed by atoms with van der Waals surface area (Å²) >= 11 is 0. The van der Waals surface area contributed by atoms with Gasteiger partial charge in [-0.15, -0.1) is 0 Å². The lowest BCUT2D eigenvalue weighted by Crippen LogP contribution is -2.18. The van der Waals surface area contributed by atoms with Crippen LogP contribution in [0.3, 0.4) is 0 Å². The minimum absolute atomic E-state index is 0.337. The predicted octanol–water partition coefficient (Wildman–Crippen LogP) is 2.35. The van der Waals surface area contributed by atoms with Crippen LogP contribution < -0.4 is 0 Å². The van der Waals surface area contributed by atoms with Gasteiger partial charge in [0.15, 0.2) is 0 Å². The number of hydrogen-bond donors (Lipinski definition) is 1. The van der Waals surface area contributed by atoms with Crippen molar-refractivity contribution in [1.29, 1.82) is 0 Å². The van der Waals surface area contributed by atoms with Crippen LogP contribution >= 0.6 is 0 Å². The highest BCUT2D eigenvalue weighted by molar-refractivity contribution is 4.77. The molecule has 1 aliphatic rings. The van der Waals surface area contributed by atoms with E-state index in [2.05, 4.69) is 0 Å². The Labute approximate surface area is 69.6 Å². The molecule has 0 spiro atoms. The van der Waals surface area contributed by atoms with Crippen LogP contribution in [0.15, 0.2) is 0 Å². The van der Waals surface area contributed by atoms with Crippen LogP contribution in [0.4, 0.5) is 13.2 Å². The number of rotatable bonds is 4. The van der Waals surface area contributed by atoms with Crippen LogP contribution in [0, 0.1) is 11.8 Å². The number of aliphatic hydroxyl groups is 1. The Bertz CT molecular complexity index is 140. The van der Waals surface area contributed by atoms with Crippen molar-refractivity contribution in [2.24, 2.45) is 11.8 Å². The Morgan fingerprint density at radius 1 is 1.33 bits per heavy atom. The zero-order valence-electron chi connectivity index (χ0n) is 6.77. The summed E-state index contributed by atoms with van der Waals surface area (Å²) < 4.78 is 35.6. The van der Waals surface area contributed by atoms with Gasteiger partial charge >= 0.3 is 6.18 Å². The Morgan fingerprint density at radius 2 is 1.92 bits per heavy atom. The lowest BCUT2D eigenvalue weighted by Gasteiger charge is -2.15. The molecule has 0 aliphatic heterocycles. The van der Waals surface area contributed by atoms with Crippen LogP contribution in [-0.4, -0.2) is 17.9 Å². The van der Waals surface area contributed by atoms with Crippen molar-refractivity contribution < 1.29 is 18.3 Å². The van der Waals surface area contributed by atoms with Crippen molar-refractivity contribution in [3.8, 4) is 0 Å². The number of halogens is 3. The highest BCUT2D eigenvalue weighted by atomic mass is 19.4. The first kappa shape index (κ1) is 9.84. The first-order valence-electron chi connectivity index (χ1n) is 4.19. The Hall–Kier alpha value is -0.250. The Balaban J connectivity index is 2.23. The molecule has 0 bridgehead atoms. The molecule has 4 heteroatoms. The molecule has 0 aromatic rings. The summed E-state index contributed by atoms with van der Waals surface area (Å²) in [6, 6.07) is 0. The normalized spacial score (nSPS) is 21.0. The SMILES string of the molecule is OC[C@@H](CC1CC1)CC(F)(F)F. The van der Waals surface area contributed by atoms with Gasteiger partial charge in [0, 0.05) is 13.0 Å². The molecule has 1 atom stereocenters. The van der Waals surface area contributed by atoms with E-state index >= 15 is 0 Å². The van der Waals surface area contributed by atoms with Crippen molar-refractivity contribution in [2.45, 2.75) is 31.9 Å². The second-order valence-electron chi connectivity index (χ2n) is 3.55. The summed E-state index contributed by atoms with van der Waals surface area (Å²) in [7, 11) is 0. The maximum Gasteiger partial charge on any atom is 0.389 e. The summed E-state index contributed by atoms with van der Waals surface area (Å²) in [5.41, 5.74) is 0. The second-order valence-corrected chi connectivity index (χ2v) is 3.55. The minimum Gasteiger partial charge on any atom is -0.396 e. The first-order valence-corrected chi connectivity index (χ1v) is 4.19. The molecular weight excluding hydrogens is 169 g/mol. The van der Waals surface area contributed by atoms with Gasteiger partial charge in [-0.2, -0.15) is 13.2 Å². The van der Waals surface area contributed by atoms with Crippen molar-refractivity contribution >= 4 is 0 Å². The summed E-state index contributed by atoms with van der Waals surface area (Å²) in [5.74, 6) is -0.123. The molecule has 12 heavy (non-hydrogen) atoms. The molecule has 1 rings (SSSR count). The number of aliphatic hydroxyl groups excluding tert-OH is 1. The third-order valence-electron chi connectivity index (χ3n) is 2.14. The molecule has 0 radical (unpaired) electrons. The molecule has 1 aliphatic carbocycles. The molecule has 0 amide bonds. The molecule has 72 valence electrons. The summed E-state index contributed by atoms with van der Waals surface area (Å²) in [6.07, 6.45) is -2.35. The zero-order valence-corrected chi connectivity index (χ0v) is 6.77. The number of alkyl halides is 3. The smallest absolute Gasteiger partial charge is 0.389 e. The van der Waals surface area contributed by atoms with E-state index < -0.39 is 18.5 Å². The molecule has 1 fully saturated rings. The first-order chi connectivity index (χ1) is 5.51. The zero-order chi connectivity index (χ0) is 9.19. The van der Waals surface area contributed by atoms with Gasteiger partial charge < -0.3 is 5.11 Å². The van der Waals surface area contributed by atoms with Gasteiger partial charge in [-0.1, -0.05) is 12.8 Å². The summed E-state index contributed by atoms with van der Waals surface area (Å²) in [5, 5.41) is 8.67. The van der Waals surface area contributed by atoms with Gasteiger partial charge in [0.2, 0.25) is 0 Å². The van der Waals surface area contributed by atoms with Crippen LogP contribution in [-0.2, 0) is 0 Å². The quantitative estimate of drug-likeness (QED) is 0.707. The molecule has 0 heterocycles. The molecule has 0 saturated heterocycles. The topological polar surface area (TPSA) is 20.2 Å². The van der Waals surface area contributed by atoms with Crippen molar-refractivity contribution in [3.63, 3.8) is 0 Å². The van der Waals surface area contributed by atoms with E-state index in [1.54, 1.807) is 0 Å². The van der Waals surface area contributed by atoms with Crippen LogP contribution in [0.2, 0.25) is 0 Å². The fourth-order valence-electron chi connectivity index (χ4n) is 1.37. The van der Waals surface area contributed by atoms with Crippen LogP contribution in [0.1, 0.15) is 25.7 Å². The highest BCUT2D eigenvalue weighted by Crippen LogP contribution is 2.38. The third-order valence-corrected chi connectivity index (χ3v) is 2.14. The van der Waals surface area contributed by atoms with Gasteiger partial charge in [-0.3, -0.25) is 0 Å². The largest absolute Gasteiger partial charge is 0.396 e. The van der Waals surface area contributed by atoms with Crippen LogP contribution in [0.25, 0.3) is 0 Å². The van der Waals surface area contributed by atoms with E-state index in [0.29, 0.717) is 12.3 Å². The molecule has 1 saturated carbocycles. The van der Waals surface area contributed by atoms with E-state index in [1.807, 2.05) is 0 Å². The summed E-state index contributed by atoms with van der Waals surface area (Å²) in [4.78, 5) is 0. The maximum absolute atomic E-state index is 11.9. The number of hydrogen-bond acceptors (Lipinski definition) is 1. The van der Waals surface area contributed by atoms with Crippen LogP contribution in [0.5, 0.6) is 0 Å². The fraction of sp³-hybridized carbons (Fsp3) is 1.00. The molecule has 1 nitrogen and oxygen atoms in total. The van der Waals surface area contributed by atoms with Crippen molar-refractivity contribution in [2.75, 3.05) is 6.61 Å². The average Bonchev–Trinajstić information content (AvgIpc) is 2.67. The van der Waals surface area contributed by atoms with Gasteiger partial charge in [0.25, 0.3) is 0 Å². The van der Waals surface area contributed by atoms with E-state index in [4.69, 9.17) is 5.11 Å². The van der Waals surface area contributed by atoms with E-state index in [-0.39, 0.29) is 6.61 Å². The van der Waals surface area contributed by atoms with E-state index in [9.17, 15) is 13.2 Å². The van der Waals surface area contributed by atoms with Gasteiger partial charge in [-0.05, 0) is 18.3 Å². The molecule has 1 N–H and O–H groups in total. The monoisotopic (exact) mass is 182 g/mol. The molecule has 0 unspecified atom stereocenters. The highest BCUT2D eigenvalue weighted by Gasteiger charge is 2.34. The Morgan fingerprint density at radius 3 is 2.25 bits per heavy atom. The lowest BCUT2D eigenvalue weighted by atomic mass is 9.99. The van der Waals surface area contributed by atoms with Gasteiger partial charge in [0.05, 0.1) is 0 Å². The Kier molecular flexibility index (Phi) is 2.99. The van der Waals surface area contributed by atoms with Crippen molar-refractivity contribution in [1.82, 2.24) is 0 Å². The fourth-order valence-corrected chi connectivity index (χ4v) is 1.37. The minimum atomic E-state index is -4.12.